The quantitative estimate of drug-likeness (QED) is 0.510. The van der Waals surface area contributed by atoms with E-state index in [1.807, 2.05) is 24.3 Å². The Hall–Kier alpha value is -2.56. The number of morpholine rings is 1. The Labute approximate surface area is 206 Å². The summed E-state index contributed by atoms with van der Waals surface area (Å²) in [7, 11) is 0. The fraction of sp³-hybridized carbons (Fsp3) is 0.435. The monoisotopic (exact) mass is 505 g/mol. The second-order valence-electron chi connectivity index (χ2n) is 8.39. The van der Waals surface area contributed by atoms with Gasteiger partial charge in [-0.15, -0.1) is 3.89 Å². The average molecular weight is 506 g/mol. The van der Waals surface area contributed by atoms with Crippen LogP contribution in [0.4, 0.5) is 9.57 Å². The minimum absolute atomic E-state index is 0.00287. The van der Waals surface area contributed by atoms with Crippen LogP contribution in [0, 0.1) is 0 Å². The summed E-state index contributed by atoms with van der Waals surface area (Å²) in [6.45, 7) is 5.92. The molecule has 11 heteroatoms. The third-order valence-corrected chi connectivity index (χ3v) is 7.02. The lowest BCUT2D eigenvalue weighted by Gasteiger charge is -2.30. The molecular weight excluding hydrogens is 481 g/mol. The number of nitrogens with zero attached hydrogens (tertiary/aromatic N) is 5. The summed E-state index contributed by atoms with van der Waals surface area (Å²) in [4.78, 5) is 24.7. The molecule has 2 aliphatic rings. The van der Waals surface area contributed by atoms with E-state index < -0.39 is 0 Å². The first-order chi connectivity index (χ1) is 16.5. The molecule has 0 aliphatic carbocycles. The number of benzene rings is 1. The molecule has 0 N–H and O–H groups in total. The number of carbonyl (C=O) groups is 1. The maximum absolute atomic E-state index is 14.0. The van der Waals surface area contributed by atoms with E-state index in [0.717, 1.165) is 37.6 Å². The Balaban J connectivity index is 1.39. The molecule has 4 heterocycles. The summed E-state index contributed by atoms with van der Waals surface area (Å²) < 4.78 is 26.7. The van der Waals surface area contributed by atoms with Crippen molar-refractivity contribution in [1.29, 1.82) is 0 Å². The van der Waals surface area contributed by atoms with Crippen molar-refractivity contribution in [3.63, 3.8) is 0 Å². The van der Waals surface area contributed by atoms with Crippen LogP contribution in [0.15, 0.2) is 30.3 Å². The van der Waals surface area contributed by atoms with Crippen LogP contribution >= 0.6 is 23.9 Å². The Bertz CT molecular complexity index is 1180. The van der Waals surface area contributed by atoms with Gasteiger partial charge in [-0.1, -0.05) is 23.7 Å². The van der Waals surface area contributed by atoms with Crippen molar-refractivity contribution in [2.45, 2.75) is 25.9 Å². The molecular formula is C23H25ClFN5O3S. The van der Waals surface area contributed by atoms with E-state index >= 15 is 0 Å². The molecule has 34 heavy (non-hydrogen) atoms. The van der Waals surface area contributed by atoms with E-state index in [1.54, 1.807) is 17.9 Å². The molecule has 0 atom stereocenters. The number of amides is 1. The number of hydrogen-bond acceptors (Lipinski definition) is 7. The van der Waals surface area contributed by atoms with Crippen LogP contribution in [-0.4, -0.2) is 70.2 Å². The lowest BCUT2D eigenvalue weighted by Crippen LogP contribution is -2.40. The summed E-state index contributed by atoms with van der Waals surface area (Å²) >= 11 is 6.55. The predicted octanol–water partition coefficient (Wildman–Crippen LogP) is 4.36. The van der Waals surface area contributed by atoms with Gasteiger partial charge >= 0.3 is 6.01 Å². The van der Waals surface area contributed by atoms with E-state index in [-0.39, 0.29) is 30.4 Å². The molecule has 0 saturated carbocycles. The second kappa shape index (κ2) is 9.97. The number of likely N-dealkylation sites (tertiary alicyclic amines) is 1. The van der Waals surface area contributed by atoms with Crippen LogP contribution in [0.25, 0.3) is 22.4 Å². The smallest absolute Gasteiger partial charge is 0.311 e. The van der Waals surface area contributed by atoms with E-state index in [2.05, 4.69) is 14.9 Å². The van der Waals surface area contributed by atoms with Gasteiger partial charge in [-0.05, 0) is 18.2 Å². The molecule has 0 bridgehead atoms. The highest BCUT2D eigenvalue weighted by Crippen LogP contribution is 2.34. The van der Waals surface area contributed by atoms with Crippen LogP contribution in [0.5, 0.6) is 6.01 Å². The number of fused-ring (bicyclic) bond motifs is 1. The fourth-order valence-electron chi connectivity index (χ4n) is 4.37. The standard InChI is InChI=1S/C23H25ClFN5O3S/c1-15(31)28-8-6-18(7-9-28)33-23-26-20-14-19(24)21(27-22(20)30(23)34-25)16-2-4-17(5-3-16)29-10-12-32-13-11-29/h2-5,14,18H,6-13H2,1H3. The van der Waals surface area contributed by atoms with E-state index in [4.69, 9.17) is 21.1 Å². The van der Waals surface area contributed by atoms with Crippen molar-refractivity contribution < 1.29 is 18.2 Å². The topological polar surface area (TPSA) is 72.7 Å². The first-order valence-electron chi connectivity index (χ1n) is 11.3. The number of pyridine rings is 1. The number of piperidine rings is 1. The highest BCUT2D eigenvalue weighted by molar-refractivity contribution is 7.93. The van der Waals surface area contributed by atoms with E-state index in [0.29, 0.717) is 47.8 Å². The van der Waals surface area contributed by atoms with Crippen molar-refractivity contribution in [2.75, 3.05) is 44.3 Å². The number of anilines is 1. The molecule has 5 rings (SSSR count). The zero-order chi connectivity index (χ0) is 23.7. The summed E-state index contributed by atoms with van der Waals surface area (Å²) in [5, 5.41) is 0.432. The zero-order valence-corrected chi connectivity index (χ0v) is 20.3. The van der Waals surface area contributed by atoms with Gasteiger partial charge in [0, 0.05) is 57.2 Å². The van der Waals surface area contributed by atoms with Gasteiger partial charge in [-0.3, -0.25) is 4.79 Å². The van der Waals surface area contributed by atoms with Gasteiger partial charge in [0.1, 0.15) is 11.6 Å². The van der Waals surface area contributed by atoms with Crippen molar-refractivity contribution in [2.24, 2.45) is 0 Å². The van der Waals surface area contributed by atoms with Crippen molar-refractivity contribution in [3.05, 3.63) is 35.4 Å². The molecule has 2 aliphatic heterocycles. The van der Waals surface area contributed by atoms with Gasteiger partial charge in [0.25, 0.3) is 0 Å². The zero-order valence-electron chi connectivity index (χ0n) is 18.7. The molecule has 180 valence electrons. The Morgan fingerprint density at radius 2 is 1.85 bits per heavy atom. The van der Waals surface area contributed by atoms with Crippen LogP contribution in [0.3, 0.4) is 0 Å². The predicted molar refractivity (Wildman–Crippen MR) is 131 cm³/mol. The van der Waals surface area contributed by atoms with Gasteiger partial charge in [-0.25, -0.2) is 4.98 Å². The van der Waals surface area contributed by atoms with Crippen molar-refractivity contribution in [1.82, 2.24) is 18.8 Å². The second-order valence-corrected chi connectivity index (χ2v) is 9.30. The van der Waals surface area contributed by atoms with Gasteiger partial charge in [0.15, 0.2) is 18.0 Å². The van der Waals surface area contributed by atoms with E-state index in [9.17, 15) is 8.68 Å². The first kappa shape index (κ1) is 23.2. The van der Waals surface area contributed by atoms with Gasteiger partial charge in [0.2, 0.25) is 5.91 Å². The van der Waals surface area contributed by atoms with Crippen LogP contribution < -0.4 is 9.64 Å². The van der Waals surface area contributed by atoms with Crippen LogP contribution in [-0.2, 0) is 9.53 Å². The number of imidazole rings is 1. The molecule has 8 nitrogen and oxygen atoms in total. The summed E-state index contributed by atoms with van der Waals surface area (Å²) in [6, 6.07) is 9.83. The first-order valence-corrected chi connectivity index (χ1v) is 12.3. The molecule has 2 fully saturated rings. The summed E-state index contributed by atoms with van der Waals surface area (Å²) in [5.74, 6) is 0.0503. The van der Waals surface area contributed by atoms with Gasteiger partial charge in [0.05, 0.1) is 23.9 Å². The summed E-state index contributed by atoms with van der Waals surface area (Å²) in [6.07, 6.45) is 1.17. The number of ether oxygens (including phenoxy) is 2. The van der Waals surface area contributed by atoms with Crippen LogP contribution in [0.1, 0.15) is 19.8 Å². The Kier molecular flexibility index (Phi) is 6.80. The average Bonchev–Trinajstić information content (AvgIpc) is 3.20. The largest absolute Gasteiger partial charge is 0.461 e. The minimum atomic E-state index is -0.152. The Morgan fingerprint density at radius 3 is 2.50 bits per heavy atom. The molecule has 0 radical (unpaired) electrons. The molecule has 0 spiro atoms. The molecule has 1 amide bonds. The molecule has 2 aromatic heterocycles. The fourth-order valence-corrected chi connectivity index (χ4v) is 4.97. The van der Waals surface area contributed by atoms with E-state index in [1.165, 1.54) is 3.97 Å². The molecule has 2 saturated heterocycles. The number of halogens is 2. The minimum Gasteiger partial charge on any atom is -0.461 e. The Morgan fingerprint density at radius 1 is 1.15 bits per heavy atom. The lowest BCUT2D eigenvalue weighted by atomic mass is 10.1. The SMILES string of the molecule is CC(=O)N1CCC(Oc2nc3cc(Cl)c(-c4ccc(N5CCOCC5)cc4)nc3n2SF)CC1. The lowest BCUT2D eigenvalue weighted by molar-refractivity contribution is -0.130. The van der Waals surface area contributed by atoms with Crippen molar-refractivity contribution in [3.8, 4) is 17.3 Å². The third-order valence-electron chi connectivity index (χ3n) is 6.26. The molecule has 3 aromatic rings. The number of aromatic nitrogens is 3. The highest BCUT2D eigenvalue weighted by Gasteiger charge is 2.25. The highest BCUT2D eigenvalue weighted by atomic mass is 35.5. The number of hydrogen-bond donors (Lipinski definition) is 0. The molecule has 1 aromatic carbocycles. The molecule has 0 unspecified atom stereocenters. The maximum Gasteiger partial charge on any atom is 0.311 e. The van der Waals surface area contributed by atoms with Gasteiger partial charge < -0.3 is 19.3 Å². The van der Waals surface area contributed by atoms with Crippen LogP contribution in [0.2, 0.25) is 5.02 Å². The van der Waals surface area contributed by atoms with Crippen molar-refractivity contribution >= 4 is 46.7 Å². The third kappa shape index (κ3) is 4.67. The number of rotatable bonds is 5. The normalized spacial score (nSPS) is 17.4. The number of carbonyl (C=O) groups excluding carboxylic acids is 1. The summed E-state index contributed by atoms with van der Waals surface area (Å²) in [5.41, 5.74) is 3.30. The maximum atomic E-state index is 14.0. The van der Waals surface area contributed by atoms with Gasteiger partial charge in [-0.2, -0.15) is 8.96 Å².